The summed E-state index contributed by atoms with van der Waals surface area (Å²) in [4.78, 5) is 97.6. The fourth-order valence-corrected chi connectivity index (χ4v) is 11.2. The van der Waals surface area contributed by atoms with E-state index in [2.05, 4.69) is 0 Å². The van der Waals surface area contributed by atoms with E-state index in [1.807, 2.05) is 0 Å². The van der Waals surface area contributed by atoms with Crippen LogP contribution in [0.2, 0.25) is 6.04 Å². The third-order valence-electron chi connectivity index (χ3n) is 7.34. The first-order valence-corrected chi connectivity index (χ1v) is 26.8. The summed E-state index contributed by atoms with van der Waals surface area (Å²) < 4.78 is 79.8. The summed E-state index contributed by atoms with van der Waals surface area (Å²) in [6.45, 7) is -0.428. The topological polar surface area (TPSA) is 355 Å². The number of hydrogen-bond donors (Lipinski definition) is 11. The highest BCUT2D eigenvalue weighted by Gasteiger charge is 2.37. The Hall–Kier alpha value is 0.647. The van der Waals surface area contributed by atoms with Gasteiger partial charge in [-0.3, -0.25) is 37.5 Å². The van der Waals surface area contributed by atoms with E-state index < -0.39 is 90.2 Å². The average Bonchev–Trinajstić information content (AvgIpc) is 2.93. The molecule has 52 heavy (non-hydrogen) atoms. The van der Waals surface area contributed by atoms with Crippen molar-refractivity contribution in [1.82, 2.24) is 14.7 Å². The molecule has 0 saturated carbocycles. The first-order valence-electron chi connectivity index (χ1n) is 15.9. The van der Waals surface area contributed by atoms with Crippen LogP contribution in [0.1, 0.15) is 38.5 Å². The van der Waals surface area contributed by atoms with Gasteiger partial charge in [0.15, 0.2) is 0 Å². The Morgan fingerprint density at radius 1 is 0.538 bits per heavy atom. The van der Waals surface area contributed by atoms with E-state index in [1.54, 1.807) is 0 Å². The van der Waals surface area contributed by atoms with Gasteiger partial charge in [0, 0.05) is 47.1 Å². The highest BCUT2D eigenvalue weighted by atomic mass is 31.2. The lowest BCUT2D eigenvalue weighted by Crippen LogP contribution is -2.42. The Morgan fingerprint density at radius 3 is 1.38 bits per heavy atom. The molecule has 0 aliphatic heterocycles. The third-order valence-corrected chi connectivity index (χ3v) is 14.0. The Bertz CT molecular complexity index is 1180. The molecule has 0 spiro atoms. The molecule has 23 nitrogen and oxygen atoms in total. The molecule has 0 aromatic heterocycles. The maximum atomic E-state index is 11.8. The molecule has 0 radical (unpaired) electrons. The van der Waals surface area contributed by atoms with Gasteiger partial charge in [-0.05, 0) is 51.1 Å². The van der Waals surface area contributed by atoms with E-state index in [1.165, 1.54) is 26.2 Å². The lowest BCUT2D eigenvalue weighted by molar-refractivity contribution is 0.0174. The fourth-order valence-electron chi connectivity index (χ4n) is 5.45. The molecule has 0 saturated heterocycles. The molecule has 29 heteroatoms. The molecule has 0 fully saturated rings. The van der Waals surface area contributed by atoms with Crippen LogP contribution in [-0.4, -0.2) is 176 Å². The SMILES string of the molecule is CO[Si](CCCOCC(O)CN(CCCCC(CCCN(CP(=O)(O)O)CP(=O)(O)O)CN(CP(=O)(O)O)CP(=O)(O)O)CP(=O)(O)O)(OC)OC. The molecule has 0 aliphatic carbocycles. The van der Waals surface area contributed by atoms with E-state index in [-0.39, 0.29) is 58.7 Å². The van der Waals surface area contributed by atoms with Crippen molar-refractivity contribution in [2.45, 2.75) is 50.7 Å². The van der Waals surface area contributed by atoms with Gasteiger partial charge in [0.25, 0.3) is 0 Å². The van der Waals surface area contributed by atoms with Crippen molar-refractivity contribution in [3.05, 3.63) is 0 Å². The Labute approximate surface area is 304 Å². The number of aliphatic hydroxyl groups excluding tert-OH is 1. The van der Waals surface area contributed by atoms with Crippen LogP contribution in [0.15, 0.2) is 0 Å². The summed E-state index contributed by atoms with van der Waals surface area (Å²) >= 11 is 0. The van der Waals surface area contributed by atoms with Gasteiger partial charge >= 0.3 is 46.8 Å². The van der Waals surface area contributed by atoms with Gasteiger partial charge in [0.1, 0.15) is 31.4 Å². The van der Waals surface area contributed by atoms with Crippen LogP contribution < -0.4 is 0 Å². The maximum absolute atomic E-state index is 11.8. The van der Waals surface area contributed by atoms with E-state index in [4.69, 9.17) is 18.0 Å². The molecular formula is C23H58N3O20P5Si. The highest BCUT2D eigenvalue weighted by molar-refractivity contribution is 7.53. The Kier molecular flexibility index (Phi) is 24.7. The van der Waals surface area contributed by atoms with Gasteiger partial charge < -0.3 is 72.1 Å². The number of nitrogens with zero attached hydrogens (tertiary/aromatic N) is 3. The standard InChI is InChI=1S/C23H58N3O20P5Si/c1-43-52(44-2,45-3)13-7-12-46-16-23(27)15-24(17-47(28,29)30)10-5-4-8-22(14-26(20-50(37,38)39)21-51(40,41)42)9-6-11-25(18-48(31,32)33)19-49(34,35)36/h22-23,27H,4-21H2,1-3H3,(H2,28,29,30)(H2,31,32,33)(H2,34,35,36)(H2,37,38,39)(H2,40,41,42). The summed E-state index contributed by atoms with van der Waals surface area (Å²) in [7, 11) is -22.0. The molecule has 0 heterocycles. The first kappa shape index (κ1) is 52.6. The molecule has 0 rings (SSSR count). The molecule has 0 aliphatic rings. The predicted molar refractivity (Wildman–Crippen MR) is 189 cm³/mol. The van der Waals surface area contributed by atoms with Gasteiger partial charge in [-0.2, -0.15) is 0 Å². The van der Waals surface area contributed by atoms with Gasteiger partial charge in [-0.15, -0.1) is 0 Å². The van der Waals surface area contributed by atoms with E-state index in [9.17, 15) is 76.9 Å². The van der Waals surface area contributed by atoms with Crippen LogP contribution in [0.25, 0.3) is 0 Å². The lowest BCUT2D eigenvalue weighted by atomic mass is 9.96. The third kappa shape index (κ3) is 29.9. The second-order valence-corrected chi connectivity index (χ2v) is 23.6. The molecule has 11 N–H and O–H groups in total. The van der Waals surface area contributed by atoms with Crippen LogP contribution in [0.5, 0.6) is 0 Å². The number of hydrogen-bond acceptors (Lipinski definition) is 13. The molecule has 0 bridgehead atoms. The number of ether oxygens (including phenoxy) is 1. The smallest absolute Gasteiger partial charge is 0.389 e. The van der Waals surface area contributed by atoms with Crippen LogP contribution >= 0.6 is 38.0 Å². The van der Waals surface area contributed by atoms with Gasteiger partial charge in [-0.25, -0.2) is 0 Å². The van der Waals surface area contributed by atoms with Crippen molar-refractivity contribution < 1.29 is 94.9 Å². The molecule has 314 valence electrons. The van der Waals surface area contributed by atoms with Crippen LogP contribution in [0.3, 0.4) is 0 Å². The summed E-state index contributed by atoms with van der Waals surface area (Å²) in [6, 6.07) is 0.452. The van der Waals surface area contributed by atoms with Crippen molar-refractivity contribution in [3.8, 4) is 0 Å². The second kappa shape index (κ2) is 24.4. The summed E-state index contributed by atoms with van der Waals surface area (Å²) in [5.41, 5.74) is 0. The number of unbranched alkanes of at least 4 members (excludes halogenated alkanes) is 1. The Balaban J connectivity index is 5.57. The van der Waals surface area contributed by atoms with Crippen LogP contribution in [-0.2, 0) is 40.8 Å². The summed E-state index contributed by atoms with van der Waals surface area (Å²) in [5, 5.41) is 10.5. The Morgan fingerprint density at radius 2 is 0.942 bits per heavy atom. The molecule has 0 aromatic carbocycles. The molecule has 0 amide bonds. The number of aliphatic hydroxyl groups is 1. The first-order chi connectivity index (χ1) is 23.6. The van der Waals surface area contributed by atoms with Crippen LogP contribution in [0.4, 0.5) is 0 Å². The van der Waals surface area contributed by atoms with Gasteiger partial charge in [0.2, 0.25) is 0 Å². The zero-order chi connectivity index (χ0) is 40.4. The van der Waals surface area contributed by atoms with Crippen molar-refractivity contribution in [2.75, 3.05) is 92.2 Å². The predicted octanol–water partition coefficient (Wildman–Crippen LogP) is -0.219. The molecular weight excluding hydrogens is 821 g/mol. The zero-order valence-corrected chi connectivity index (χ0v) is 35.0. The molecule has 2 unspecified atom stereocenters. The molecule has 2 atom stereocenters. The van der Waals surface area contributed by atoms with E-state index in [0.29, 0.717) is 25.3 Å². The maximum Gasteiger partial charge on any atom is 0.500 e. The minimum absolute atomic E-state index is 0.0758. The van der Waals surface area contributed by atoms with Crippen molar-refractivity contribution >= 4 is 46.8 Å². The zero-order valence-electron chi connectivity index (χ0n) is 29.6. The van der Waals surface area contributed by atoms with Gasteiger partial charge in [-0.1, -0.05) is 6.42 Å². The monoisotopic (exact) mass is 879 g/mol. The van der Waals surface area contributed by atoms with E-state index >= 15 is 0 Å². The lowest BCUT2D eigenvalue weighted by Gasteiger charge is -2.29. The quantitative estimate of drug-likeness (QED) is 0.0236. The normalized spacial score (nSPS) is 15.2. The fraction of sp³-hybridized carbons (Fsp3) is 1.00. The minimum atomic E-state index is -4.78. The molecule has 0 aromatic rings. The average molecular weight is 880 g/mol. The largest absolute Gasteiger partial charge is 0.500 e. The summed E-state index contributed by atoms with van der Waals surface area (Å²) in [5.74, 6) is -0.546. The number of rotatable bonds is 32. The van der Waals surface area contributed by atoms with Crippen LogP contribution in [0, 0.1) is 5.92 Å². The summed E-state index contributed by atoms with van der Waals surface area (Å²) in [6.07, 6.45) is -4.08. The highest BCUT2D eigenvalue weighted by Crippen LogP contribution is 2.43. The van der Waals surface area contributed by atoms with E-state index in [0.717, 1.165) is 9.80 Å². The van der Waals surface area contributed by atoms with Gasteiger partial charge in [0.05, 0.1) is 12.7 Å². The van der Waals surface area contributed by atoms with Crippen molar-refractivity contribution in [3.63, 3.8) is 0 Å². The van der Waals surface area contributed by atoms with Crippen molar-refractivity contribution in [2.24, 2.45) is 5.92 Å². The van der Waals surface area contributed by atoms with Crippen molar-refractivity contribution in [1.29, 1.82) is 0 Å². The second-order valence-electron chi connectivity index (χ2n) is 12.5. The minimum Gasteiger partial charge on any atom is -0.389 e.